The van der Waals surface area contributed by atoms with Gasteiger partial charge in [0.1, 0.15) is 0 Å². The zero-order valence-electron chi connectivity index (χ0n) is 35.9. The first-order chi connectivity index (χ1) is 32.0. The van der Waals surface area contributed by atoms with Gasteiger partial charge in [-0.3, -0.25) is 4.57 Å². The van der Waals surface area contributed by atoms with Gasteiger partial charge in [-0.2, -0.15) is 9.97 Å². The lowest BCUT2D eigenvalue weighted by atomic mass is 9.82. The maximum Gasteiger partial charge on any atom is 0.238 e. The highest BCUT2D eigenvalue weighted by Crippen LogP contribution is 2.50. The van der Waals surface area contributed by atoms with Crippen molar-refractivity contribution < 1.29 is 0 Å². The van der Waals surface area contributed by atoms with Crippen molar-refractivity contribution in [2.45, 2.75) is 19.3 Å². The molecule has 5 heteroatoms. The first-order valence-electron chi connectivity index (χ1n) is 22.3. The van der Waals surface area contributed by atoms with Crippen LogP contribution in [-0.4, -0.2) is 24.1 Å². The molecule has 0 radical (unpaired) electrons. The minimum absolute atomic E-state index is 0.113. The summed E-state index contributed by atoms with van der Waals surface area (Å²) in [5.74, 6) is 1.80. The third-order valence-electron chi connectivity index (χ3n) is 13.6. The molecule has 0 bridgehead atoms. The minimum atomic E-state index is -0.113. The van der Waals surface area contributed by atoms with E-state index in [1.165, 1.54) is 27.6 Å². The van der Waals surface area contributed by atoms with E-state index in [1.807, 2.05) is 18.2 Å². The molecule has 9 aromatic carbocycles. The van der Waals surface area contributed by atoms with Gasteiger partial charge in [-0.25, -0.2) is 4.98 Å². The summed E-state index contributed by atoms with van der Waals surface area (Å²) in [6.07, 6.45) is 0. The predicted molar refractivity (Wildman–Crippen MR) is 268 cm³/mol. The summed E-state index contributed by atoms with van der Waals surface area (Å²) in [6.45, 7) is 4.63. The van der Waals surface area contributed by atoms with E-state index in [0.717, 1.165) is 77.3 Å². The lowest BCUT2D eigenvalue weighted by Crippen LogP contribution is -2.14. The molecular formula is C60H41N5. The lowest BCUT2D eigenvalue weighted by Gasteiger charge is -2.21. The van der Waals surface area contributed by atoms with Crippen LogP contribution in [0.1, 0.15) is 25.0 Å². The second-order valence-corrected chi connectivity index (χ2v) is 17.6. The van der Waals surface area contributed by atoms with Crippen LogP contribution in [-0.2, 0) is 5.41 Å². The Morgan fingerprint density at radius 2 is 0.862 bits per heavy atom. The Morgan fingerprint density at radius 1 is 0.338 bits per heavy atom. The first-order valence-corrected chi connectivity index (χ1v) is 22.3. The normalized spacial score (nSPS) is 12.9. The molecule has 306 valence electrons. The molecule has 3 heterocycles. The van der Waals surface area contributed by atoms with Crippen molar-refractivity contribution in [3.63, 3.8) is 0 Å². The molecule has 0 saturated heterocycles. The molecule has 13 rings (SSSR count). The van der Waals surface area contributed by atoms with Crippen LogP contribution in [0.5, 0.6) is 0 Å². The van der Waals surface area contributed by atoms with Gasteiger partial charge < -0.3 is 4.57 Å². The van der Waals surface area contributed by atoms with Crippen molar-refractivity contribution in [3.8, 4) is 67.8 Å². The maximum atomic E-state index is 5.50. The summed E-state index contributed by atoms with van der Waals surface area (Å²) in [5, 5.41) is 4.58. The van der Waals surface area contributed by atoms with E-state index in [1.54, 1.807) is 0 Å². The van der Waals surface area contributed by atoms with Crippen LogP contribution in [0.3, 0.4) is 0 Å². The van der Waals surface area contributed by atoms with E-state index in [4.69, 9.17) is 15.0 Å². The number of nitrogens with zero attached hydrogens (tertiary/aromatic N) is 5. The first kappa shape index (κ1) is 37.2. The monoisotopic (exact) mass is 831 g/mol. The van der Waals surface area contributed by atoms with Gasteiger partial charge in [0.25, 0.3) is 0 Å². The van der Waals surface area contributed by atoms with E-state index in [2.05, 4.69) is 217 Å². The van der Waals surface area contributed by atoms with Gasteiger partial charge in [-0.05, 0) is 63.2 Å². The topological polar surface area (TPSA) is 48.5 Å². The van der Waals surface area contributed by atoms with Crippen LogP contribution < -0.4 is 0 Å². The number of para-hydroxylation sites is 2. The SMILES string of the molecule is CC1(C)c2ccccc2-c2cc(-c3nc(-c4ccccc4)nc(-n4c5ccccc5c5ccc6c7ccccc7n(-c7cc(-c8ccccc8)ccc7-c7ccccc7)c6c54)n3)ccc21. The average Bonchev–Trinajstić information content (AvgIpc) is 3.97. The number of fused-ring (bicyclic) bond motifs is 10. The zero-order valence-corrected chi connectivity index (χ0v) is 35.9. The Balaban J connectivity index is 1.15. The lowest BCUT2D eigenvalue weighted by molar-refractivity contribution is 0.660. The van der Waals surface area contributed by atoms with Crippen LogP contribution in [0, 0.1) is 0 Å². The van der Waals surface area contributed by atoms with Crippen LogP contribution in [0.15, 0.2) is 212 Å². The van der Waals surface area contributed by atoms with Gasteiger partial charge in [-0.15, -0.1) is 0 Å². The van der Waals surface area contributed by atoms with E-state index in [9.17, 15) is 0 Å². The third-order valence-corrected chi connectivity index (χ3v) is 13.6. The van der Waals surface area contributed by atoms with E-state index >= 15 is 0 Å². The molecule has 0 saturated carbocycles. The molecule has 0 spiro atoms. The van der Waals surface area contributed by atoms with Crippen molar-refractivity contribution in [2.24, 2.45) is 0 Å². The molecule has 5 nitrogen and oxygen atoms in total. The molecular weight excluding hydrogens is 791 g/mol. The fourth-order valence-corrected chi connectivity index (χ4v) is 10.5. The summed E-state index contributed by atoms with van der Waals surface area (Å²) >= 11 is 0. The molecule has 0 atom stereocenters. The van der Waals surface area contributed by atoms with Crippen molar-refractivity contribution in [1.82, 2.24) is 24.1 Å². The second kappa shape index (κ2) is 14.3. The maximum absolute atomic E-state index is 5.50. The Morgan fingerprint density at radius 3 is 1.55 bits per heavy atom. The van der Waals surface area contributed by atoms with Gasteiger partial charge in [0.05, 0.1) is 27.8 Å². The summed E-state index contributed by atoms with van der Waals surface area (Å²) < 4.78 is 4.77. The highest BCUT2D eigenvalue weighted by atomic mass is 15.2. The number of rotatable bonds is 6. The van der Waals surface area contributed by atoms with Crippen LogP contribution >= 0.6 is 0 Å². The quantitative estimate of drug-likeness (QED) is 0.168. The number of hydrogen-bond acceptors (Lipinski definition) is 3. The largest absolute Gasteiger partial charge is 0.307 e. The second-order valence-electron chi connectivity index (χ2n) is 17.6. The molecule has 3 aromatic heterocycles. The number of hydrogen-bond donors (Lipinski definition) is 0. The molecule has 1 aliphatic rings. The van der Waals surface area contributed by atoms with Gasteiger partial charge in [0, 0.05) is 43.7 Å². The Labute approximate surface area is 376 Å². The summed E-state index contributed by atoms with van der Waals surface area (Å²) in [6, 6.07) is 76.1. The highest BCUT2D eigenvalue weighted by Gasteiger charge is 2.35. The van der Waals surface area contributed by atoms with Gasteiger partial charge in [0.15, 0.2) is 11.6 Å². The van der Waals surface area contributed by atoms with E-state index in [0.29, 0.717) is 17.6 Å². The molecule has 65 heavy (non-hydrogen) atoms. The smallest absolute Gasteiger partial charge is 0.238 e. The number of aromatic nitrogens is 5. The van der Waals surface area contributed by atoms with Gasteiger partial charge in [0.2, 0.25) is 5.95 Å². The molecule has 0 fully saturated rings. The molecule has 0 aliphatic heterocycles. The molecule has 0 amide bonds. The van der Waals surface area contributed by atoms with Crippen molar-refractivity contribution in [1.29, 1.82) is 0 Å². The summed E-state index contributed by atoms with van der Waals surface area (Å²) in [7, 11) is 0. The average molecular weight is 832 g/mol. The van der Waals surface area contributed by atoms with Crippen molar-refractivity contribution in [2.75, 3.05) is 0 Å². The Bertz CT molecular complexity index is 3840. The van der Waals surface area contributed by atoms with Crippen LogP contribution in [0.25, 0.3) is 111 Å². The van der Waals surface area contributed by atoms with Crippen molar-refractivity contribution in [3.05, 3.63) is 223 Å². The minimum Gasteiger partial charge on any atom is -0.307 e. The molecule has 0 unspecified atom stereocenters. The highest BCUT2D eigenvalue weighted by molar-refractivity contribution is 6.24. The Hall–Kier alpha value is -8.41. The fraction of sp³-hybridized carbons (Fsp3) is 0.0500. The Kier molecular flexibility index (Phi) is 8.18. The fourth-order valence-electron chi connectivity index (χ4n) is 10.5. The molecule has 0 N–H and O–H groups in total. The predicted octanol–water partition coefficient (Wildman–Crippen LogP) is 15.0. The summed E-state index contributed by atoms with van der Waals surface area (Å²) in [4.78, 5) is 16.2. The third kappa shape index (κ3) is 5.68. The van der Waals surface area contributed by atoms with Crippen LogP contribution in [0.4, 0.5) is 0 Å². The standard InChI is InChI=1S/C60H41N5/c1-60(2)50-27-15-12-24-44(50)49-36-42(31-35-51(49)60)58-61-57(40-22-10-5-11-23-40)62-59(63-58)65-53-29-17-14-26-46(53)48-34-33-47-45-25-13-16-28-52(45)64(55(47)56(48)65)54-37-41(38-18-6-3-7-19-38)30-32-43(54)39-20-8-4-9-21-39/h3-37H,1-2H3. The van der Waals surface area contributed by atoms with Gasteiger partial charge >= 0.3 is 0 Å². The van der Waals surface area contributed by atoms with Crippen LogP contribution in [0.2, 0.25) is 0 Å². The summed E-state index contributed by atoms with van der Waals surface area (Å²) in [5.41, 5.74) is 16.8. The molecule has 1 aliphatic carbocycles. The van der Waals surface area contributed by atoms with Gasteiger partial charge in [-0.1, -0.05) is 202 Å². The van der Waals surface area contributed by atoms with Crippen molar-refractivity contribution >= 4 is 43.6 Å². The zero-order chi connectivity index (χ0) is 43.2. The van der Waals surface area contributed by atoms with E-state index < -0.39 is 0 Å². The molecule has 12 aromatic rings. The number of benzene rings is 9. The van der Waals surface area contributed by atoms with E-state index in [-0.39, 0.29) is 5.41 Å².